The van der Waals surface area contributed by atoms with E-state index < -0.39 is 0 Å². The quantitative estimate of drug-likeness (QED) is 0.587. The Bertz CT molecular complexity index is 423. The van der Waals surface area contributed by atoms with Crippen LogP contribution in [0.1, 0.15) is 11.4 Å². The molecule has 17 heavy (non-hydrogen) atoms. The minimum Gasteiger partial charge on any atom is -0.394 e. The maximum Gasteiger partial charge on any atom is 0.107 e. The van der Waals surface area contributed by atoms with Gasteiger partial charge in [0.25, 0.3) is 0 Å². The fraction of sp³-hybridized carbons (Fsp3) is 0.455. The maximum absolute atomic E-state index is 8.76. The first-order valence-electron chi connectivity index (χ1n) is 5.69. The van der Waals surface area contributed by atoms with E-state index in [1.54, 1.807) is 10.9 Å². The van der Waals surface area contributed by atoms with E-state index >= 15 is 0 Å². The van der Waals surface area contributed by atoms with Crippen LogP contribution >= 0.6 is 0 Å². The lowest BCUT2D eigenvalue weighted by molar-refractivity contribution is 0.269. The number of aliphatic hydroxyl groups excluding tert-OH is 1. The number of imidazole rings is 1. The summed E-state index contributed by atoms with van der Waals surface area (Å²) in [6.07, 6.45) is 8.23. The Morgan fingerprint density at radius 1 is 1.47 bits per heavy atom. The van der Waals surface area contributed by atoms with Gasteiger partial charge in [-0.25, -0.2) is 4.98 Å². The average Bonchev–Trinajstić information content (AvgIpc) is 2.96. The average molecular weight is 235 g/mol. The number of nitrogens with zero attached hydrogens (tertiary/aromatic N) is 3. The SMILES string of the molecule is OCCn1cc(CNCCc2ncc[nH]2)cn1. The molecule has 0 saturated heterocycles. The van der Waals surface area contributed by atoms with Gasteiger partial charge in [0.15, 0.2) is 0 Å². The van der Waals surface area contributed by atoms with Crippen molar-refractivity contribution in [2.75, 3.05) is 13.2 Å². The third-order valence-electron chi connectivity index (χ3n) is 2.44. The Hall–Kier alpha value is -1.66. The van der Waals surface area contributed by atoms with E-state index in [2.05, 4.69) is 20.4 Å². The smallest absolute Gasteiger partial charge is 0.107 e. The summed E-state index contributed by atoms with van der Waals surface area (Å²) in [5, 5.41) is 16.2. The molecule has 0 unspecified atom stereocenters. The van der Waals surface area contributed by atoms with E-state index in [1.165, 1.54) is 0 Å². The summed E-state index contributed by atoms with van der Waals surface area (Å²) in [7, 11) is 0. The molecular formula is C11H17N5O. The fourth-order valence-corrected chi connectivity index (χ4v) is 1.60. The minimum atomic E-state index is 0.118. The predicted octanol–water partition coefficient (Wildman–Crippen LogP) is -0.0692. The zero-order chi connectivity index (χ0) is 11.9. The molecular weight excluding hydrogens is 218 g/mol. The molecule has 0 aliphatic heterocycles. The lowest BCUT2D eigenvalue weighted by atomic mass is 10.3. The van der Waals surface area contributed by atoms with Crippen molar-refractivity contribution in [3.05, 3.63) is 36.2 Å². The minimum absolute atomic E-state index is 0.118. The Morgan fingerprint density at radius 2 is 2.41 bits per heavy atom. The zero-order valence-corrected chi connectivity index (χ0v) is 9.63. The molecule has 92 valence electrons. The Labute approximate surface area is 99.7 Å². The summed E-state index contributed by atoms with van der Waals surface area (Å²) in [6.45, 7) is 2.32. The molecule has 0 bridgehead atoms. The van der Waals surface area contributed by atoms with Gasteiger partial charge in [0.1, 0.15) is 5.82 Å². The third-order valence-corrected chi connectivity index (χ3v) is 2.44. The Morgan fingerprint density at radius 3 is 3.18 bits per heavy atom. The molecule has 2 rings (SSSR count). The molecule has 0 aliphatic rings. The molecule has 0 atom stereocenters. The number of aromatic nitrogens is 4. The lowest BCUT2D eigenvalue weighted by Crippen LogP contribution is -2.16. The number of aromatic amines is 1. The highest BCUT2D eigenvalue weighted by Gasteiger charge is 1.98. The molecule has 0 saturated carbocycles. The third kappa shape index (κ3) is 3.69. The van der Waals surface area contributed by atoms with E-state index in [4.69, 9.17) is 5.11 Å². The number of hydrogen-bond donors (Lipinski definition) is 3. The largest absolute Gasteiger partial charge is 0.394 e. The first-order valence-corrected chi connectivity index (χ1v) is 5.69. The summed E-state index contributed by atoms with van der Waals surface area (Å²) in [4.78, 5) is 7.21. The Kier molecular flexibility index (Phi) is 4.29. The van der Waals surface area contributed by atoms with Gasteiger partial charge in [0, 0.05) is 43.7 Å². The van der Waals surface area contributed by atoms with Crippen molar-refractivity contribution in [2.45, 2.75) is 19.5 Å². The van der Waals surface area contributed by atoms with Crippen LogP contribution in [-0.4, -0.2) is 38.0 Å². The highest BCUT2D eigenvalue weighted by Crippen LogP contribution is 1.97. The highest BCUT2D eigenvalue weighted by molar-refractivity contribution is 5.03. The van der Waals surface area contributed by atoms with Crippen molar-refractivity contribution in [3.63, 3.8) is 0 Å². The van der Waals surface area contributed by atoms with E-state index in [1.807, 2.05) is 18.6 Å². The molecule has 2 heterocycles. The summed E-state index contributed by atoms with van der Waals surface area (Å²) in [5.74, 6) is 0.994. The van der Waals surface area contributed by atoms with Gasteiger partial charge in [-0.2, -0.15) is 5.10 Å². The van der Waals surface area contributed by atoms with Crippen LogP contribution in [0.4, 0.5) is 0 Å². The number of aliphatic hydroxyl groups is 1. The second kappa shape index (κ2) is 6.17. The monoisotopic (exact) mass is 235 g/mol. The van der Waals surface area contributed by atoms with Crippen LogP contribution in [0.2, 0.25) is 0 Å². The number of hydrogen-bond acceptors (Lipinski definition) is 4. The van der Waals surface area contributed by atoms with Crippen molar-refractivity contribution >= 4 is 0 Å². The molecule has 0 radical (unpaired) electrons. The molecule has 0 spiro atoms. The van der Waals surface area contributed by atoms with Gasteiger partial charge in [-0.1, -0.05) is 0 Å². The van der Waals surface area contributed by atoms with Gasteiger partial charge in [-0.15, -0.1) is 0 Å². The van der Waals surface area contributed by atoms with Crippen LogP contribution in [0.3, 0.4) is 0 Å². The van der Waals surface area contributed by atoms with Crippen LogP contribution in [0.25, 0.3) is 0 Å². The molecule has 0 fully saturated rings. The van der Waals surface area contributed by atoms with Crippen molar-refractivity contribution in [1.82, 2.24) is 25.1 Å². The van der Waals surface area contributed by atoms with Gasteiger partial charge in [-0.3, -0.25) is 4.68 Å². The zero-order valence-electron chi connectivity index (χ0n) is 9.63. The normalized spacial score (nSPS) is 10.9. The van der Waals surface area contributed by atoms with Crippen LogP contribution in [-0.2, 0) is 19.5 Å². The van der Waals surface area contributed by atoms with E-state index in [0.717, 1.165) is 30.9 Å². The number of nitrogens with one attached hydrogen (secondary N) is 2. The van der Waals surface area contributed by atoms with Crippen LogP contribution in [0.5, 0.6) is 0 Å². The van der Waals surface area contributed by atoms with Crippen LogP contribution < -0.4 is 5.32 Å². The van der Waals surface area contributed by atoms with Gasteiger partial charge in [-0.05, 0) is 0 Å². The van der Waals surface area contributed by atoms with Crippen molar-refractivity contribution in [1.29, 1.82) is 0 Å². The summed E-state index contributed by atoms with van der Waals surface area (Å²) < 4.78 is 1.74. The molecule has 6 nitrogen and oxygen atoms in total. The van der Waals surface area contributed by atoms with Gasteiger partial charge in [0.2, 0.25) is 0 Å². The van der Waals surface area contributed by atoms with Gasteiger partial charge < -0.3 is 15.4 Å². The molecule has 2 aromatic heterocycles. The van der Waals surface area contributed by atoms with Crippen LogP contribution in [0, 0.1) is 0 Å². The van der Waals surface area contributed by atoms with Gasteiger partial charge >= 0.3 is 0 Å². The molecule has 3 N–H and O–H groups in total. The summed E-state index contributed by atoms with van der Waals surface area (Å²) in [6, 6.07) is 0. The number of rotatable bonds is 7. The topological polar surface area (TPSA) is 78.8 Å². The van der Waals surface area contributed by atoms with Crippen LogP contribution in [0.15, 0.2) is 24.8 Å². The molecule has 0 amide bonds. The second-order valence-electron chi connectivity index (χ2n) is 3.80. The lowest BCUT2D eigenvalue weighted by Gasteiger charge is -2.00. The summed E-state index contributed by atoms with van der Waals surface area (Å²) in [5.41, 5.74) is 1.12. The molecule has 0 aliphatic carbocycles. The maximum atomic E-state index is 8.76. The number of H-pyrrole nitrogens is 1. The predicted molar refractivity (Wildman–Crippen MR) is 63.3 cm³/mol. The highest BCUT2D eigenvalue weighted by atomic mass is 16.3. The Balaban J connectivity index is 1.67. The van der Waals surface area contributed by atoms with Crippen molar-refractivity contribution in [2.24, 2.45) is 0 Å². The standard InChI is InChI=1S/C11H17N5O/c17-6-5-16-9-10(8-15-16)7-12-2-1-11-13-3-4-14-11/h3-4,8-9,12,17H,1-2,5-7H2,(H,13,14). The summed E-state index contributed by atoms with van der Waals surface area (Å²) >= 11 is 0. The van der Waals surface area contributed by atoms with Crippen molar-refractivity contribution in [3.8, 4) is 0 Å². The van der Waals surface area contributed by atoms with E-state index in [0.29, 0.717) is 6.54 Å². The van der Waals surface area contributed by atoms with E-state index in [-0.39, 0.29) is 6.61 Å². The molecule has 0 aromatic carbocycles. The molecule has 2 aromatic rings. The fourth-order valence-electron chi connectivity index (χ4n) is 1.60. The van der Waals surface area contributed by atoms with Gasteiger partial charge in [0.05, 0.1) is 19.3 Å². The first kappa shape index (κ1) is 11.8. The van der Waals surface area contributed by atoms with E-state index in [9.17, 15) is 0 Å². The first-order chi connectivity index (χ1) is 8.38. The van der Waals surface area contributed by atoms with Crippen molar-refractivity contribution < 1.29 is 5.11 Å². The second-order valence-corrected chi connectivity index (χ2v) is 3.80. The molecule has 6 heteroatoms.